The first-order valence-corrected chi connectivity index (χ1v) is 9.07. The fraction of sp³-hybridized carbons (Fsp3) is 0.158. The van der Waals surface area contributed by atoms with Crippen molar-refractivity contribution < 1.29 is 14.1 Å². The van der Waals surface area contributed by atoms with Gasteiger partial charge in [-0.2, -0.15) is 4.98 Å². The fourth-order valence-corrected chi connectivity index (χ4v) is 2.81. The number of anilines is 1. The monoisotopic (exact) mass is 416 g/mol. The van der Waals surface area contributed by atoms with Crippen molar-refractivity contribution in [2.24, 2.45) is 0 Å². The molecule has 2 N–H and O–H groups in total. The van der Waals surface area contributed by atoms with E-state index in [2.05, 4.69) is 20.8 Å². The number of aromatic nitrogens is 2. The number of ether oxygens (including phenoxy) is 1. The Morgan fingerprint density at radius 2 is 2.11 bits per heavy atom. The van der Waals surface area contributed by atoms with Gasteiger partial charge < -0.3 is 19.9 Å². The number of aryl methyl sites for hydroxylation is 1. The normalized spacial score (nSPS) is 10.4. The van der Waals surface area contributed by atoms with Crippen LogP contribution in [0.1, 0.15) is 21.8 Å². The second-order valence-corrected chi connectivity index (χ2v) is 6.69. The van der Waals surface area contributed by atoms with Gasteiger partial charge in [0.15, 0.2) is 5.11 Å². The Kier molecular flexibility index (Phi) is 6.23. The first kappa shape index (κ1) is 19.8. The first-order valence-electron chi connectivity index (χ1n) is 8.28. The molecule has 144 valence electrons. The van der Waals surface area contributed by atoms with E-state index in [0.717, 1.165) is 11.1 Å². The Balaban J connectivity index is 1.60. The third-order valence-electron chi connectivity index (χ3n) is 3.77. The minimum absolute atomic E-state index is 0.247. The van der Waals surface area contributed by atoms with E-state index < -0.39 is 5.97 Å². The van der Waals surface area contributed by atoms with Gasteiger partial charge in [0.05, 0.1) is 24.2 Å². The summed E-state index contributed by atoms with van der Waals surface area (Å²) in [5.41, 5.74) is 2.83. The van der Waals surface area contributed by atoms with Gasteiger partial charge in [0.25, 0.3) is 0 Å². The molecule has 0 aliphatic rings. The Bertz CT molecular complexity index is 1020. The Morgan fingerprint density at radius 1 is 1.29 bits per heavy atom. The van der Waals surface area contributed by atoms with Crippen LogP contribution in [0.15, 0.2) is 47.0 Å². The van der Waals surface area contributed by atoms with Gasteiger partial charge in [0, 0.05) is 11.3 Å². The molecule has 2 aromatic carbocycles. The standard InChI is InChI=1S/C19H17ClN4O3S/c1-11-4-3-5-12(8-11)17-23-16(27-24-17)10-21-19(28)22-13-6-7-15(20)14(9-13)18(25)26-2/h3-9H,10H2,1-2H3,(H2,21,22,28). The summed E-state index contributed by atoms with van der Waals surface area (Å²) in [6.07, 6.45) is 0. The number of hydrogen-bond donors (Lipinski definition) is 2. The van der Waals surface area contributed by atoms with E-state index in [4.69, 9.17) is 33.1 Å². The van der Waals surface area contributed by atoms with E-state index >= 15 is 0 Å². The highest BCUT2D eigenvalue weighted by atomic mass is 35.5. The Morgan fingerprint density at radius 3 is 2.86 bits per heavy atom. The van der Waals surface area contributed by atoms with Crippen molar-refractivity contribution in [2.45, 2.75) is 13.5 Å². The number of esters is 1. The van der Waals surface area contributed by atoms with Gasteiger partial charge in [-0.1, -0.05) is 40.5 Å². The van der Waals surface area contributed by atoms with E-state index in [1.165, 1.54) is 7.11 Å². The van der Waals surface area contributed by atoms with Crippen LogP contribution in [0.3, 0.4) is 0 Å². The van der Waals surface area contributed by atoms with Crippen molar-refractivity contribution in [3.63, 3.8) is 0 Å². The highest BCUT2D eigenvalue weighted by molar-refractivity contribution is 7.80. The maximum Gasteiger partial charge on any atom is 0.339 e. The van der Waals surface area contributed by atoms with Gasteiger partial charge in [0.1, 0.15) is 0 Å². The summed E-state index contributed by atoms with van der Waals surface area (Å²) in [6.45, 7) is 2.25. The van der Waals surface area contributed by atoms with Crippen molar-refractivity contribution in [3.8, 4) is 11.4 Å². The molecule has 3 aromatic rings. The number of hydrogen-bond acceptors (Lipinski definition) is 6. The molecular weight excluding hydrogens is 400 g/mol. The van der Waals surface area contributed by atoms with E-state index in [1.807, 2.05) is 31.2 Å². The fourth-order valence-electron chi connectivity index (χ4n) is 2.43. The van der Waals surface area contributed by atoms with Crippen molar-refractivity contribution >= 4 is 40.6 Å². The van der Waals surface area contributed by atoms with Crippen LogP contribution < -0.4 is 10.6 Å². The summed E-state index contributed by atoms with van der Waals surface area (Å²) >= 11 is 11.3. The van der Waals surface area contributed by atoms with Gasteiger partial charge in [-0.3, -0.25) is 0 Å². The predicted octanol–water partition coefficient (Wildman–Crippen LogP) is 3.97. The van der Waals surface area contributed by atoms with Gasteiger partial charge in [0.2, 0.25) is 11.7 Å². The quantitative estimate of drug-likeness (QED) is 0.477. The molecule has 7 nitrogen and oxygen atoms in total. The van der Waals surface area contributed by atoms with E-state index in [9.17, 15) is 4.79 Å². The van der Waals surface area contributed by atoms with Gasteiger partial charge in [-0.15, -0.1) is 0 Å². The summed E-state index contributed by atoms with van der Waals surface area (Å²) in [5, 5.41) is 10.6. The molecule has 0 bridgehead atoms. The summed E-state index contributed by atoms with van der Waals surface area (Å²) in [4.78, 5) is 16.1. The van der Waals surface area contributed by atoms with E-state index in [-0.39, 0.29) is 12.1 Å². The number of nitrogens with zero attached hydrogens (tertiary/aromatic N) is 2. The summed E-state index contributed by atoms with van der Waals surface area (Å²) in [5.74, 6) is 0.383. The third kappa shape index (κ3) is 4.85. The maximum absolute atomic E-state index is 11.7. The largest absolute Gasteiger partial charge is 0.465 e. The van der Waals surface area contributed by atoms with Crippen LogP contribution in [0.5, 0.6) is 0 Å². The lowest BCUT2D eigenvalue weighted by atomic mass is 10.1. The van der Waals surface area contributed by atoms with Crippen LogP contribution >= 0.6 is 23.8 Å². The van der Waals surface area contributed by atoms with Gasteiger partial charge in [-0.25, -0.2) is 4.79 Å². The molecule has 0 amide bonds. The first-order chi connectivity index (χ1) is 13.5. The highest BCUT2D eigenvalue weighted by Crippen LogP contribution is 2.21. The molecule has 0 unspecified atom stereocenters. The topological polar surface area (TPSA) is 89.3 Å². The molecule has 0 aliphatic heterocycles. The minimum atomic E-state index is -0.526. The van der Waals surface area contributed by atoms with Crippen molar-refractivity contribution in [1.82, 2.24) is 15.5 Å². The summed E-state index contributed by atoms with van der Waals surface area (Å²) in [6, 6.07) is 12.7. The number of carbonyl (C=O) groups is 1. The van der Waals surface area contributed by atoms with Crippen molar-refractivity contribution in [2.75, 3.05) is 12.4 Å². The summed E-state index contributed by atoms with van der Waals surface area (Å²) < 4.78 is 9.95. The average Bonchev–Trinajstić information content (AvgIpc) is 3.16. The Labute approximate surface area is 172 Å². The molecule has 28 heavy (non-hydrogen) atoms. The zero-order chi connectivity index (χ0) is 20.1. The Hall–Kier alpha value is -2.97. The smallest absolute Gasteiger partial charge is 0.339 e. The van der Waals surface area contributed by atoms with Crippen LogP contribution in [-0.4, -0.2) is 28.3 Å². The second kappa shape index (κ2) is 8.81. The minimum Gasteiger partial charge on any atom is -0.465 e. The molecule has 0 fully saturated rings. The zero-order valence-corrected chi connectivity index (χ0v) is 16.7. The number of benzene rings is 2. The highest BCUT2D eigenvalue weighted by Gasteiger charge is 2.13. The van der Waals surface area contributed by atoms with Crippen LogP contribution in [0.4, 0.5) is 5.69 Å². The van der Waals surface area contributed by atoms with Crippen LogP contribution in [0.25, 0.3) is 11.4 Å². The number of nitrogens with one attached hydrogen (secondary N) is 2. The van der Waals surface area contributed by atoms with Crippen LogP contribution in [0.2, 0.25) is 5.02 Å². The van der Waals surface area contributed by atoms with Gasteiger partial charge in [-0.05, 0) is 43.4 Å². The molecule has 0 saturated carbocycles. The zero-order valence-electron chi connectivity index (χ0n) is 15.2. The lowest BCUT2D eigenvalue weighted by Crippen LogP contribution is -2.28. The van der Waals surface area contributed by atoms with Crippen LogP contribution in [0, 0.1) is 6.92 Å². The third-order valence-corrected chi connectivity index (χ3v) is 4.35. The number of halogens is 1. The molecule has 1 aromatic heterocycles. The number of rotatable bonds is 5. The number of methoxy groups -OCH3 is 1. The molecule has 3 rings (SSSR count). The van der Waals surface area contributed by atoms with E-state index in [1.54, 1.807) is 18.2 Å². The molecule has 0 aliphatic carbocycles. The predicted molar refractivity (Wildman–Crippen MR) is 110 cm³/mol. The molecule has 0 radical (unpaired) electrons. The molecule has 9 heteroatoms. The molecule has 1 heterocycles. The van der Waals surface area contributed by atoms with Crippen LogP contribution in [-0.2, 0) is 11.3 Å². The second-order valence-electron chi connectivity index (χ2n) is 5.88. The number of carbonyl (C=O) groups excluding carboxylic acids is 1. The lowest BCUT2D eigenvalue weighted by molar-refractivity contribution is 0.0601. The van der Waals surface area contributed by atoms with Gasteiger partial charge >= 0.3 is 5.97 Å². The average molecular weight is 417 g/mol. The van der Waals surface area contributed by atoms with E-state index in [0.29, 0.717) is 27.5 Å². The van der Waals surface area contributed by atoms with Crippen molar-refractivity contribution in [3.05, 3.63) is 64.5 Å². The molecule has 0 saturated heterocycles. The summed E-state index contributed by atoms with van der Waals surface area (Å²) in [7, 11) is 1.29. The molecule has 0 atom stereocenters. The molecular formula is C19H17ClN4O3S. The maximum atomic E-state index is 11.7. The molecule has 0 spiro atoms. The van der Waals surface area contributed by atoms with Crippen molar-refractivity contribution in [1.29, 1.82) is 0 Å². The lowest BCUT2D eigenvalue weighted by Gasteiger charge is -2.10. The number of thiocarbonyl (C=S) groups is 1. The SMILES string of the molecule is COC(=O)c1cc(NC(=S)NCc2nc(-c3cccc(C)c3)no2)ccc1Cl.